The molecule has 0 spiro atoms. The van der Waals surface area contributed by atoms with Crippen LogP contribution in [0.3, 0.4) is 0 Å². The summed E-state index contributed by atoms with van der Waals surface area (Å²) in [6.45, 7) is 0.771. The minimum Gasteiger partial charge on any atom is -0.350 e. The standard InChI is InChI=1S/C21H20FN3O/c22-15-10-16(23-12-15)13-24-21(26)18-11-20(14-6-2-1-3-7-14)25-19-9-5-4-8-17(18)19/h1-9,11,15-16,23H,10,12-13H2,(H,24,26)/t15-,16-/m0/s1. The molecular formula is C21H20FN3O. The van der Waals surface area contributed by atoms with Crippen LogP contribution >= 0.6 is 0 Å². The van der Waals surface area contributed by atoms with Gasteiger partial charge in [0.15, 0.2) is 0 Å². The van der Waals surface area contributed by atoms with Crippen molar-refractivity contribution < 1.29 is 9.18 Å². The number of hydrogen-bond donors (Lipinski definition) is 2. The number of nitrogens with zero attached hydrogens (tertiary/aromatic N) is 1. The smallest absolute Gasteiger partial charge is 0.252 e. The van der Waals surface area contributed by atoms with E-state index in [1.807, 2.05) is 60.7 Å². The number of pyridine rings is 1. The van der Waals surface area contributed by atoms with Crippen LogP contribution in [0.25, 0.3) is 22.2 Å². The van der Waals surface area contributed by atoms with Gasteiger partial charge in [0.2, 0.25) is 0 Å². The van der Waals surface area contributed by atoms with Gasteiger partial charge in [0, 0.05) is 30.1 Å². The molecule has 0 aliphatic carbocycles. The number of para-hydroxylation sites is 1. The average molecular weight is 349 g/mol. The maximum absolute atomic E-state index is 13.3. The Morgan fingerprint density at radius 2 is 1.92 bits per heavy atom. The molecule has 4 rings (SSSR count). The van der Waals surface area contributed by atoms with E-state index < -0.39 is 6.17 Å². The molecule has 132 valence electrons. The maximum atomic E-state index is 13.3. The molecule has 2 N–H and O–H groups in total. The van der Waals surface area contributed by atoms with Crippen LogP contribution in [0.4, 0.5) is 4.39 Å². The van der Waals surface area contributed by atoms with Crippen molar-refractivity contribution in [3.63, 3.8) is 0 Å². The van der Waals surface area contributed by atoms with Gasteiger partial charge in [0.25, 0.3) is 5.91 Å². The van der Waals surface area contributed by atoms with Crippen LogP contribution in [0.1, 0.15) is 16.8 Å². The first kappa shape index (κ1) is 16.7. The van der Waals surface area contributed by atoms with E-state index in [4.69, 9.17) is 4.98 Å². The Balaban J connectivity index is 1.65. The second-order valence-corrected chi connectivity index (χ2v) is 6.59. The quantitative estimate of drug-likeness (QED) is 0.760. The molecule has 0 bridgehead atoms. The van der Waals surface area contributed by atoms with Crippen molar-refractivity contribution in [2.75, 3.05) is 13.1 Å². The molecule has 1 saturated heterocycles. The normalized spacial score (nSPS) is 19.6. The number of carbonyl (C=O) groups excluding carboxylic acids is 1. The number of hydrogen-bond acceptors (Lipinski definition) is 3. The second-order valence-electron chi connectivity index (χ2n) is 6.59. The molecule has 5 heteroatoms. The van der Waals surface area contributed by atoms with Gasteiger partial charge in [-0.25, -0.2) is 9.37 Å². The zero-order valence-electron chi connectivity index (χ0n) is 14.3. The highest BCUT2D eigenvalue weighted by molar-refractivity contribution is 6.07. The summed E-state index contributed by atoms with van der Waals surface area (Å²) in [6, 6.07) is 19.2. The van der Waals surface area contributed by atoms with Gasteiger partial charge < -0.3 is 10.6 Å². The van der Waals surface area contributed by atoms with Crippen molar-refractivity contribution in [3.8, 4) is 11.3 Å². The fourth-order valence-corrected chi connectivity index (χ4v) is 3.36. The third kappa shape index (κ3) is 3.44. The second kappa shape index (κ2) is 7.22. The summed E-state index contributed by atoms with van der Waals surface area (Å²) in [4.78, 5) is 17.5. The lowest BCUT2D eigenvalue weighted by Crippen LogP contribution is -2.37. The fraction of sp³-hybridized carbons (Fsp3) is 0.238. The number of amides is 1. The molecule has 2 aromatic carbocycles. The number of carbonyl (C=O) groups is 1. The van der Waals surface area contributed by atoms with Crippen LogP contribution in [0.15, 0.2) is 60.7 Å². The molecule has 2 heterocycles. The van der Waals surface area contributed by atoms with Gasteiger partial charge in [-0.15, -0.1) is 0 Å². The predicted octanol–water partition coefficient (Wildman–Crippen LogP) is 3.33. The van der Waals surface area contributed by atoms with E-state index in [2.05, 4.69) is 10.6 Å². The third-order valence-corrected chi connectivity index (χ3v) is 4.71. The van der Waals surface area contributed by atoms with Crippen molar-refractivity contribution in [3.05, 3.63) is 66.2 Å². The van der Waals surface area contributed by atoms with E-state index in [1.165, 1.54) is 0 Å². The average Bonchev–Trinajstić information content (AvgIpc) is 3.11. The van der Waals surface area contributed by atoms with Crippen LogP contribution < -0.4 is 10.6 Å². The first-order valence-corrected chi connectivity index (χ1v) is 8.81. The van der Waals surface area contributed by atoms with E-state index in [-0.39, 0.29) is 11.9 Å². The molecular weight excluding hydrogens is 329 g/mol. The number of rotatable bonds is 4. The van der Waals surface area contributed by atoms with Crippen molar-refractivity contribution in [2.45, 2.75) is 18.6 Å². The van der Waals surface area contributed by atoms with Crippen LogP contribution in [0.5, 0.6) is 0 Å². The zero-order valence-corrected chi connectivity index (χ0v) is 14.3. The minimum absolute atomic E-state index is 0.0179. The first-order chi connectivity index (χ1) is 12.7. The number of aromatic nitrogens is 1. The van der Waals surface area contributed by atoms with Crippen molar-refractivity contribution in [2.24, 2.45) is 0 Å². The molecule has 0 unspecified atom stereocenters. The molecule has 3 aromatic rings. The predicted molar refractivity (Wildman–Crippen MR) is 101 cm³/mol. The summed E-state index contributed by atoms with van der Waals surface area (Å²) in [6.07, 6.45) is -0.393. The fourth-order valence-electron chi connectivity index (χ4n) is 3.36. The number of halogens is 1. The number of benzene rings is 2. The highest BCUT2D eigenvalue weighted by Gasteiger charge is 2.24. The Kier molecular flexibility index (Phi) is 4.63. The molecule has 1 aromatic heterocycles. The molecule has 1 fully saturated rings. The zero-order chi connectivity index (χ0) is 17.9. The van der Waals surface area contributed by atoms with E-state index in [9.17, 15) is 9.18 Å². The van der Waals surface area contributed by atoms with Crippen LogP contribution in [0.2, 0.25) is 0 Å². The Bertz CT molecular complexity index is 929. The summed E-state index contributed by atoms with van der Waals surface area (Å²) >= 11 is 0. The van der Waals surface area contributed by atoms with Crippen molar-refractivity contribution in [1.29, 1.82) is 0 Å². The molecule has 2 atom stereocenters. The molecule has 1 aliphatic heterocycles. The van der Waals surface area contributed by atoms with Crippen LogP contribution in [-0.2, 0) is 0 Å². The Labute approximate surface area is 151 Å². The molecule has 26 heavy (non-hydrogen) atoms. The number of alkyl halides is 1. The molecule has 1 amide bonds. The summed E-state index contributed by atoms with van der Waals surface area (Å²) in [7, 11) is 0. The highest BCUT2D eigenvalue weighted by atomic mass is 19.1. The topological polar surface area (TPSA) is 54.0 Å². The SMILES string of the molecule is O=C(NC[C@@H]1C[C@H](F)CN1)c1cc(-c2ccccc2)nc2ccccc12. The summed E-state index contributed by atoms with van der Waals surface area (Å²) in [5.41, 5.74) is 3.09. The van der Waals surface area contributed by atoms with Crippen molar-refractivity contribution >= 4 is 16.8 Å². The monoisotopic (exact) mass is 349 g/mol. The maximum Gasteiger partial charge on any atom is 0.252 e. The van der Waals surface area contributed by atoms with Crippen LogP contribution in [0, 0.1) is 0 Å². The van der Waals surface area contributed by atoms with Gasteiger partial charge in [-0.1, -0.05) is 48.5 Å². The third-order valence-electron chi connectivity index (χ3n) is 4.71. The van der Waals surface area contributed by atoms with Gasteiger partial charge in [-0.2, -0.15) is 0 Å². The van der Waals surface area contributed by atoms with Gasteiger partial charge in [0.1, 0.15) is 6.17 Å². The lowest BCUT2D eigenvalue weighted by Gasteiger charge is -2.13. The van der Waals surface area contributed by atoms with E-state index in [0.29, 0.717) is 25.1 Å². The molecule has 1 aliphatic rings. The molecule has 4 nitrogen and oxygen atoms in total. The lowest BCUT2D eigenvalue weighted by molar-refractivity contribution is 0.0951. The Morgan fingerprint density at radius 1 is 1.15 bits per heavy atom. The Morgan fingerprint density at radius 3 is 2.69 bits per heavy atom. The highest BCUT2D eigenvalue weighted by Crippen LogP contribution is 2.24. The summed E-state index contributed by atoms with van der Waals surface area (Å²) < 4.78 is 13.3. The van der Waals surface area contributed by atoms with Crippen LogP contribution in [-0.4, -0.2) is 36.2 Å². The molecule has 0 saturated carbocycles. The van der Waals surface area contributed by atoms with Gasteiger partial charge in [-0.3, -0.25) is 4.79 Å². The Hall–Kier alpha value is -2.79. The van der Waals surface area contributed by atoms with E-state index in [0.717, 1.165) is 22.2 Å². The van der Waals surface area contributed by atoms with Gasteiger partial charge in [-0.05, 0) is 18.6 Å². The number of nitrogens with one attached hydrogen (secondary N) is 2. The minimum atomic E-state index is -0.830. The first-order valence-electron chi connectivity index (χ1n) is 8.81. The van der Waals surface area contributed by atoms with E-state index >= 15 is 0 Å². The van der Waals surface area contributed by atoms with E-state index in [1.54, 1.807) is 0 Å². The lowest BCUT2D eigenvalue weighted by atomic mass is 10.0. The molecule has 0 radical (unpaired) electrons. The van der Waals surface area contributed by atoms with Gasteiger partial charge >= 0.3 is 0 Å². The number of fused-ring (bicyclic) bond motifs is 1. The summed E-state index contributed by atoms with van der Waals surface area (Å²) in [5, 5.41) is 6.83. The largest absolute Gasteiger partial charge is 0.350 e. The summed E-state index contributed by atoms with van der Waals surface area (Å²) in [5.74, 6) is -0.162. The van der Waals surface area contributed by atoms with Gasteiger partial charge in [0.05, 0.1) is 16.8 Å². The van der Waals surface area contributed by atoms with Crippen molar-refractivity contribution in [1.82, 2.24) is 15.6 Å².